The minimum Gasteiger partial charge on any atom is -0.340 e. The topological polar surface area (TPSA) is 40.5 Å². The molecule has 5 heteroatoms. The van der Waals surface area contributed by atoms with Crippen LogP contribution in [0.15, 0.2) is 83.9 Å². The highest BCUT2D eigenvalue weighted by atomic mass is 32.2. The van der Waals surface area contributed by atoms with Crippen molar-refractivity contribution in [1.29, 1.82) is 0 Å². The first-order valence-corrected chi connectivity index (χ1v) is 12.6. The van der Waals surface area contributed by atoms with Crippen molar-refractivity contribution in [2.45, 2.75) is 38.0 Å². The van der Waals surface area contributed by atoms with Gasteiger partial charge in [-0.05, 0) is 74.1 Å². The highest BCUT2D eigenvalue weighted by Crippen LogP contribution is 2.49. The first-order valence-electron chi connectivity index (χ1n) is 11.8. The lowest BCUT2D eigenvalue weighted by molar-refractivity contribution is 0.302. The van der Waals surface area contributed by atoms with E-state index in [2.05, 4.69) is 84.7 Å². The molecule has 3 aromatic rings. The number of pyridine rings is 1. The lowest BCUT2D eigenvalue weighted by atomic mass is 9.73. The van der Waals surface area contributed by atoms with Crippen LogP contribution < -0.4 is 10.2 Å². The summed E-state index contributed by atoms with van der Waals surface area (Å²) < 4.78 is 0. The van der Waals surface area contributed by atoms with Gasteiger partial charge < -0.3 is 5.32 Å². The van der Waals surface area contributed by atoms with Crippen molar-refractivity contribution in [1.82, 2.24) is 4.98 Å². The second-order valence-electron chi connectivity index (χ2n) is 9.21. The summed E-state index contributed by atoms with van der Waals surface area (Å²) in [5.74, 6) is 3.00. The fourth-order valence-electron chi connectivity index (χ4n) is 5.17. The van der Waals surface area contributed by atoms with E-state index >= 15 is 0 Å². The summed E-state index contributed by atoms with van der Waals surface area (Å²) in [5.41, 5.74) is 4.51. The molecule has 0 spiro atoms. The van der Waals surface area contributed by atoms with Crippen molar-refractivity contribution in [3.63, 3.8) is 0 Å². The van der Waals surface area contributed by atoms with Gasteiger partial charge in [-0.3, -0.25) is 9.89 Å². The van der Waals surface area contributed by atoms with Crippen LogP contribution in [0.4, 0.5) is 23.0 Å². The van der Waals surface area contributed by atoms with Crippen LogP contribution in [0.25, 0.3) is 0 Å². The molecule has 33 heavy (non-hydrogen) atoms. The van der Waals surface area contributed by atoms with Crippen molar-refractivity contribution in [2.24, 2.45) is 16.8 Å². The van der Waals surface area contributed by atoms with Crippen molar-refractivity contribution < 1.29 is 0 Å². The second kappa shape index (κ2) is 8.38. The van der Waals surface area contributed by atoms with Crippen molar-refractivity contribution in [2.75, 3.05) is 10.2 Å². The van der Waals surface area contributed by atoms with Crippen molar-refractivity contribution in [3.05, 3.63) is 90.0 Å². The molecule has 3 aliphatic carbocycles. The number of amidine groups is 1. The largest absolute Gasteiger partial charge is 0.340 e. The fourth-order valence-corrected chi connectivity index (χ4v) is 6.70. The maximum absolute atomic E-state index is 5.31. The number of fused-ring (bicyclic) bond motifs is 1. The average molecular weight is 453 g/mol. The van der Waals surface area contributed by atoms with E-state index in [0.717, 1.165) is 33.7 Å². The summed E-state index contributed by atoms with van der Waals surface area (Å²) in [6.07, 6.45) is 7.39. The van der Waals surface area contributed by atoms with E-state index in [4.69, 9.17) is 9.98 Å². The Labute approximate surface area is 199 Å². The molecule has 1 saturated carbocycles. The minimum atomic E-state index is 0.383. The zero-order chi connectivity index (χ0) is 22.4. The number of nitrogens with one attached hydrogen (secondary N) is 1. The number of allylic oxidation sites excluding steroid dienone is 1. The van der Waals surface area contributed by atoms with Gasteiger partial charge in [-0.15, -0.1) is 0 Å². The van der Waals surface area contributed by atoms with Gasteiger partial charge in [-0.25, -0.2) is 4.98 Å². The summed E-state index contributed by atoms with van der Waals surface area (Å²) in [6.45, 7) is 4.29. The highest BCUT2D eigenvalue weighted by molar-refractivity contribution is 8.15. The van der Waals surface area contributed by atoms with E-state index in [1.54, 1.807) is 0 Å². The number of para-hydroxylation sites is 2. The molecule has 0 saturated heterocycles. The van der Waals surface area contributed by atoms with Crippen LogP contribution in [0.3, 0.4) is 0 Å². The third kappa shape index (κ3) is 3.74. The van der Waals surface area contributed by atoms with E-state index in [1.165, 1.54) is 18.4 Å². The minimum absolute atomic E-state index is 0.383. The number of anilines is 4. The van der Waals surface area contributed by atoms with Crippen LogP contribution in [0.5, 0.6) is 0 Å². The van der Waals surface area contributed by atoms with Crippen LogP contribution in [0, 0.1) is 25.7 Å². The smallest absolute Gasteiger partial charge is 0.170 e. The lowest BCUT2D eigenvalue weighted by Crippen LogP contribution is -2.39. The molecule has 2 bridgehead atoms. The van der Waals surface area contributed by atoms with E-state index < -0.39 is 0 Å². The maximum Gasteiger partial charge on any atom is 0.170 e. The van der Waals surface area contributed by atoms with Gasteiger partial charge in [0.15, 0.2) is 5.17 Å². The molecule has 2 heterocycles. The number of hydrogen-bond donors (Lipinski definition) is 1. The van der Waals surface area contributed by atoms with Crippen LogP contribution in [-0.2, 0) is 0 Å². The Balaban J connectivity index is 1.42. The van der Waals surface area contributed by atoms with E-state index in [1.807, 2.05) is 30.0 Å². The first kappa shape index (κ1) is 20.5. The molecular weight excluding hydrogens is 424 g/mol. The Morgan fingerprint density at radius 3 is 2.30 bits per heavy atom. The van der Waals surface area contributed by atoms with Gasteiger partial charge in [-0.2, -0.15) is 0 Å². The second-order valence-corrected chi connectivity index (χ2v) is 10.4. The van der Waals surface area contributed by atoms with Gasteiger partial charge in [0.25, 0.3) is 0 Å². The molecule has 1 aliphatic heterocycles. The quantitative estimate of drug-likeness (QED) is 0.432. The zero-order valence-electron chi connectivity index (χ0n) is 19.0. The van der Waals surface area contributed by atoms with Gasteiger partial charge in [0.05, 0.1) is 6.04 Å². The lowest BCUT2D eigenvalue weighted by Gasteiger charge is -2.39. The third-order valence-corrected chi connectivity index (χ3v) is 8.53. The van der Waals surface area contributed by atoms with E-state index in [-0.39, 0.29) is 0 Å². The van der Waals surface area contributed by atoms with Crippen LogP contribution >= 0.6 is 11.8 Å². The van der Waals surface area contributed by atoms with Gasteiger partial charge >= 0.3 is 0 Å². The first-order chi connectivity index (χ1) is 16.2. The van der Waals surface area contributed by atoms with Crippen LogP contribution in [0.2, 0.25) is 0 Å². The van der Waals surface area contributed by atoms with Gasteiger partial charge in [-0.1, -0.05) is 60.3 Å². The Hall–Kier alpha value is -3.05. The van der Waals surface area contributed by atoms with Gasteiger partial charge in [0, 0.05) is 22.5 Å². The predicted octanol–water partition coefficient (Wildman–Crippen LogP) is 7.02. The Morgan fingerprint density at radius 1 is 0.909 bits per heavy atom. The number of hydrogen-bond acceptors (Lipinski definition) is 5. The number of benzene rings is 2. The molecule has 0 radical (unpaired) electrons. The molecular formula is C28H28N4S. The molecule has 0 amide bonds. The van der Waals surface area contributed by atoms with E-state index in [9.17, 15) is 0 Å². The Bertz CT molecular complexity index is 1220. The highest BCUT2D eigenvalue weighted by Gasteiger charge is 2.46. The number of nitrogens with zero attached hydrogens (tertiary/aromatic N) is 3. The third-order valence-electron chi connectivity index (χ3n) is 7.13. The molecule has 2 aromatic carbocycles. The standard InChI is InChI=1S/C28H28N4S/c1-18-17-24(30-27(19(18)2)29-22-9-5-3-6-10-22)32(23-11-7-4-8-12-23)28-31-25-20-13-15-21(16-14-20)26(25)33-28/h3-13,15,17,20-21,25-26H,14,16H2,1-2H3,(H,29,30). The fraction of sp³-hybridized carbons (Fsp3) is 0.286. The molecule has 4 unspecified atom stereocenters. The van der Waals surface area contributed by atoms with Gasteiger partial charge in [0.2, 0.25) is 0 Å². The molecule has 1 aromatic heterocycles. The molecule has 7 rings (SSSR count). The summed E-state index contributed by atoms with van der Waals surface area (Å²) in [4.78, 5) is 12.7. The van der Waals surface area contributed by atoms with Crippen molar-refractivity contribution in [3.8, 4) is 0 Å². The normalized spacial score (nSPS) is 25.0. The maximum atomic E-state index is 5.31. The monoisotopic (exact) mass is 452 g/mol. The number of rotatable bonds is 4. The molecule has 4 atom stereocenters. The number of aryl methyl sites for hydroxylation is 1. The van der Waals surface area contributed by atoms with Crippen LogP contribution in [0.1, 0.15) is 24.0 Å². The number of aromatic nitrogens is 1. The summed E-state index contributed by atoms with van der Waals surface area (Å²) in [6, 6.07) is 23.4. The average Bonchev–Trinajstić information content (AvgIpc) is 3.31. The number of thioether (sulfide) groups is 1. The molecule has 1 N–H and O–H groups in total. The van der Waals surface area contributed by atoms with Crippen molar-refractivity contribution >= 4 is 39.9 Å². The summed E-state index contributed by atoms with van der Waals surface area (Å²) in [5, 5.41) is 5.14. The molecule has 4 nitrogen and oxygen atoms in total. The molecule has 1 fully saturated rings. The van der Waals surface area contributed by atoms with E-state index in [0.29, 0.717) is 23.1 Å². The molecule has 4 aliphatic rings. The Kier molecular flexibility index (Phi) is 5.22. The zero-order valence-corrected chi connectivity index (χ0v) is 19.8. The summed E-state index contributed by atoms with van der Waals surface area (Å²) >= 11 is 1.94. The number of aliphatic imine (C=N–C) groups is 1. The van der Waals surface area contributed by atoms with Gasteiger partial charge in [0.1, 0.15) is 11.6 Å². The summed E-state index contributed by atoms with van der Waals surface area (Å²) in [7, 11) is 0. The van der Waals surface area contributed by atoms with Crippen LogP contribution in [-0.4, -0.2) is 21.4 Å². The SMILES string of the molecule is Cc1cc(N(C2=NC3C4C=CC(CC4)C3S2)c2ccccc2)nc(Nc2ccccc2)c1C. The predicted molar refractivity (Wildman–Crippen MR) is 140 cm³/mol. The molecule has 166 valence electrons. The Morgan fingerprint density at radius 2 is 1.61 bits per heavy atom.